The zero-order valence-electron chi connectivity index (χ0n) is 24.9. The minimum absolute atomic E-state index is 0.0347. The Morgan fingerprint density at radius 2 is 0.810 bits per heavy atom. The molecule has 0 aliphatic carbocycles. The molecule has 10 nitrogen and oxygen atoms in total. The molecule has 5 aromatic rings. The standard InChI is InChI=1S/C32H34O10/c1-13(33)9-15-21-22-16(10-14(2)34)32(42-8)30(36)26-20(40-6)12-18(38-4)24(28(22)26)23-17(37-3)11-19(39-5)25(27(21)23)29(35)31(15)41-7/h11-14,33-34H,9-10H2,1-8H3. The summed E-state index contributed by atoms with van der Waals surface area (Å²) in [6, 6.07) is 3.24. The van der Waals surface area contributed by atoms with E-state index in [1.807, 2.05) is 0 Å². The molecule has 5 aromatic carbocycles. The summed E-state index contributed by atoms with van der Waals surface area (Å²) in [4.78, 5) is 28.3. The smallest absolute Gasteiger partial charge is 0.232 e. The molecule has 0 aliphatic rings. The molecule has 0 heterocycles. The van der Waals surface area contributed by atoms with Crippen LogP contribution in [-0.4, -0.2) is 65.1 Å². The van der Waals surface area contributed by atoms with Crippen LogP contribution in [0.1, 0.15) is 25.0 Å². The van der Waals surface area contributed by atoms with E-state index >= 15 is 0 Å². The van der Waals surface area contributed by atoms with E-state index in [4.69, 9.17) is 28.4 Å². The van der Waals surface area contributed by atoms with E-state index in [9.17, 15) is 19.8 Å². The van der Waals surface area contributed by atoms with E-state index in [0.29, 0.717) is 54.9 Å². The van der Waals surface area contributed by atoms with Gasteiger partial charge in [-0.1, -0.05) is 0 Å². The Bertz CT molecular complexity index is 1800. The highest BCUT2D eigenvalue weighted by Crippen LogP contribution is 2.53. The summed E-state index contributed by atoms with van der Waals surface area (Å²) in [6.45, 7) is 3.23. The summed E-state index contributed by atoms with van der Waals surface area (Å²) in [5.41, 5.74) is 0.0132. The van der Waals surface area contributed by atoms with Crippen molar-refractivity contribution >= 4 is 43.1 Å². The van der Waals surface area contributed by atoms with Gasteiger partial charge in [-0.05, 0) is 24.6 Å². The molecule has 0 aliphatic heterocycles. The number of methoxy groups -OCH3 is 6. The largest absolute Gasteiger partial charge is 0.496 e. The molecule has 0 fully saturated rings. The van der Waals surface area contributed by atoms with Crippen molar-refractivity contribution in [2.24, 2.45) is 0 Å². The number of rotatable bonds is 10. The maximum Gasteiger partial charge on any atom is 0.232 e. The SMILES string of the molecule is COc1c(CC(C)O)c2c3c(CC(C)O)c(OC)c(=O)c4c(OC)cc(OC)c(c5c(OC)cc(OC)c(c1=O)c52)c43. The number of fused-ring (bicyclic) bond motifs is 2. The third kappa shape index (κ3) is 4.00. The number of benzene rings is 5. The lowest BCUT2D eigenvalue weighted by Crippen LogP contribution is -2.18. The lowest BCUT2D eigenvalue weighted by atomic mass is 9.82. The van der Waals surface area contributed by atoms with Crippen molar-refractivity contribution in [2.45, 2.75) is 38.9 Å². The fourth-order valence-corrected chi connectivity index (χ4v) is 6.35. The quantitative estimate of drug-likeness (QED) is 0.186. The third-order valence-electron chi connectivity index (χ3n) is 7.82. The molecule has 2 N–H and O–H groups in total. The minimum atomic E-state index is -0.861. The van der Waals surface area contributed by atoms with Crippen molar-refractivity contribution < 1.29 is 38.6 Å². The topological polar surface area (TPSA) is 130 Å². The van der Waals surface area contributed by atoms with Gasteiger partial charge in [0.05, 0.1) is 65.6 Å². The molecule has 2 atom stereocenters. The third-order valence-corrected chi connectivity index (χ3v) is 7.82. The first-order valence-electron chi connectivity index (χ1n) is 13.4. The maximum absolute atomic E-state index is 14.1. The zero-order valence-corrected chi connectivity index (χ0v) is 24.9. The average Bonchev–Trinajstić information content (AvgIpc) is 2.96. The van der Waals surface area contributed by atoms with Crippen LogP contribution in [0.2, 0.25) is 0 Å². The lowest BCUT2D eigenvalue weighted by molar-refractivity contribution is 0.194. The monoisotopic (exact) mass is 578 g/mol. The van der Waals surface area contributed by atoms with Crippen molar-refractivity contribution in [1.82, 2.24) is 0 Å². The average molecular weight is 579 g/mol. The van der Waals surface area contributed by atoms with Gasteiger partial charge in [-0.25, -0.2) is 0 Å². The van der Waals surface area contributed by atoms with Crippen molar-refractivity contribution in [3.8, 4) is 34.5 Å². The van der Waals surface area contributed by atoms with E-state index < -0.39 is 23.1 Å². The van der Waals surface area contributed by atoms with E-state index in [1.54, 1.807) is 26.0 Å². The molecule has 0 radical (unpaired) electrons. The number of hydrogen-bond donors (Lipinski definition) is 2. The van der Waals surface area contributed by atoms with Crippen LogP contribution in [0.5, 0.6) is 34.5 Å². The number of ether oxygens (including phenoxy) is 6. The van der Waals surface area contributed by atoms with Crippen LogP contribution < -0.4 is 39.3 Å². The first-order chi connectivity index (χ1) is 20.1. The fraction of sp³-hybridized carbons (Fsp3) is 0.375. The molecule has 2 unspecified atom stereocenters. The van der Waals surface area contributed by atoms with Crippen LogP contribution in [0.4, 0.5) is 0 Å². The van der Waals surface area contributed by atoms with Gasteiger partial charge >= 0.3 is 0 Å². The van der Waals surface area contributed by atoms with Gasteiger partial charge in [0.15, 0.2) is 11.5 Å². The van der Waals surface area contributed by atoms with Crippen LogP contribution >= 0.6 is 0 Å². The molecule has 0 aromatic heterocycles. The number of hydrogen-bond acceptors (Lipinski definition) is 10. The molecule has 0 bridgehead atoms. The van der Waals surface area contributed by atoms with Gasteiger partial charge in [0, 0.05) is 57.6 Å². The second kappa shape index (κ2) is 10.8. The highest BCUT2D eigenvalue weighted by atomic mass is 16.5. The Morgan fingerprint density at radius 1 is 0.500 bits per heavy atom. The maximum atomic E-state index is 14.1. The molecule has 0 saturated carbocycles. The minimum Gasteiger partial charge on any atom is -0.496 e. The molecule has 0 saturated heterocycles. The predicted octanol–water partition coefficient (Wildman–Crippen LogP) is 3.79. The van der Waals surface area contributed by atoms with Crippen LogP contribution in [-0.2, 0) is 12.8 Å². The molecule has 42 heavy (non-hydrogen) atoms. The second-order valence-corrected chi connectivity index (χ2v) is 10.4. The first-order valence-corrected chi connectivity index (χ1v) is 13.4. The van der Waals surface area contributed by atoms with Crippen LogP contribution in [0.25, 0.3) is 43.1 Å². The fourth-order valence-electron chi connectivity index (χ4n) is 6.35. The van der Waals surface area contributed by atoms with Gasteiger partial charge in [-0.3, -0.25) is 9.59 Å². The van der Waals surface area contributed by atoms with Gasteiger partial charge in [0.25, 0.3) is 0 Å². The van der Waals surface area contributed by atoms with Gasteiger partial charge in [0.2, 0.25) is 10.9 Å². The lowest BCUT2D eigenvalue weighted by Gasteiger charge is -2.25. The zero-order chi connectivity index (χ0) is 30.6. The van der Waals surface area contributed by atoms with Crippen LogP contribution in [0.15, 0.2) is 21.7 Å². The summed E-state index contributed by atoms with van der Waals surface area (Å²) < 4.78 is 34.6. The van der Waals surface area contributed by atoms with E-state index in [-0.39, 0.29) is 46.6 Å². The number of aliphatic hydroxyl groups excluding tert-OH is 2. The summed E-state index contributed by atoms with van der Waals surface area (Å²) in [5, 5.41) is 24.8. The molecule has 10 heteroatoms. The van der Waals surface area contributed by atoms with Crippen molar-refractivity contribution in [3.63, 3.8) is 0 Å². The highest BCUT2D eigenvalue weighted by molar-refractivity contribution is 6.38. The van der Waals surface area contributed by atoms with E-state index in [0.717, 1.165) is 0 Å². The Morgan fingerprint density at radius 3 is 1.07 bits per heavy atom. The molecule has 0 amide bonds. The van der Waals surface area contributed by atoms with Crippen molar-refractivity contribution in [1.29, 1.82) is 0 Å². The van der Waals surface area contributed by atoms with Gasteiger partial charge in [-0.2, -0.15) is 0 Å². The molecular formula is C32H34O10. The Hall–Kier alpha value is -4.28. The summed E-state index contributed by atoms with van der Waals surface area (Å²) in [5.74, 6) is 1.35. The van der Waals surface area contributed by atoms with Crippen molar-refractivity contribution in [3.05, 3.63) is 43.7 Å². The Balaban J connectivity index is 2.39. The summed E-state index contributed by atoms with van der Waals surface area (Å²) in [6.07, 6.45) is -1.62. The molecule has 222 valence electrons. The second-order valence-electron chi connectivity index (χ2n) is 10.4. The summed E-state index contributed by atoms with van der Waals surface area (Å²) >= 11 is 0. The number of aliphatic hydroxyl groups is 2. The molecule has 0 spiro atoms. The van der Waals surface area contributed by atoms with Gasteiger partial charge in [-0.15, -0.1) is 0 Å². The summed E-state index contributed by atoms with van der Waals surface area (Å²) in [7, 11) is 8.72. The molecule has 5 rings (SSSR count). The van der Waals surface area contributed by atoms with Crippen LogP contribution in [0, 0.1) is 0 Å². The normalized spacial score (nSPS) is 13.2. The first kappa shape index (κ1) is 29.2. The Kier molecular flexibility index (Phi) is 7.55. The van der Waals surface area contributed by atoms with E-state index in [1.165, 1.54) is 42.7 Å². The van der Waals surface area contributed by atoms with Gasteiger partial charge < -0.3 is 38.6 Å². The van der Waals surface area contributed by atoms with Gasteiger partial charge in [0.1, 0.15) is 23.0 Å². The molecular weight excluding hydrogens is 544 g/mol. The predicted molar refractivity (Wildman–Crippen MR) is 161 cm³/mol. The Labute approximate surface area is 241 Å². The van der Waals surface area contributed by atoms with Crippen molar-refractivity contribution in [2.75, 3.05) is 42.7 Å². The highest BCUT2D eigenvalue weighted by Gasteiger charge is 2.33. The van der Waals surface area contributed by atoms with E-state index in [2.05, 4.69) is 0 Å². The van der Waals surface area contributed by atoms with Crippen LogP contribution in [0.3, 0.4) is 0 Å².